The molecule has 2 aromatic rings. The zero-order valence-electron chi connectivity index (χ0n) is 15.5. The topological polar surface area (TPSA) is 46.6 Å². The van der Waals surface area contributed by atoms with Gasteiger partial charge in [-0.25, -0.2) is 0 Å². The number of benzene rings is 2. The number of ketones is 1. The lowest BCUT2D eigenvalue weighted by Gasteiger charge is -2.32. The van der Waals surface area contributed by atoms with E-state index in [2.05, 4.69) is 0 Å². The lowest BCUT2D eigenvalue weighted by atomic mass is 9.90. The Kier molecular flexibility index (Phi) is 6.51. The van der Waals surface area contributed by atoms with Gasteiger partial charge in [-0.3, -0.25) is 9.59 Å². The third-order valence-corrected chi connectivity index (χ3v) is 5.31. The zero-order chi connectivity index (χ0) is 19.2. The Morgan fingerprint density at radius 2 is 1.81 bits per heavy atom. The number of piperidine rings is 1. The Morgan fingerprint density at radius 3 is 2.48 bits per heavy atom. The van der Waals surface area contributed by atoms with Gasteiger partial charge in [0.05, 0.1) is 7.11 Å². The summed E-state index contributed by atoms with van der Waals surface area (Å²) in [6.07, 6.45) is 2.82. The molecule has 1 aliphatic rings. The van der Waals surface area contributed by atoms with E-state index in [4.69, 9.17) is 16.3 Å². The van der Waals surface area contributed by atoms with E-state index >= 15 is 0 Å². The third-order valence-electron chi connectivity index (χ3n) is 5.06. The first-order chi connectivity index (χ1) is 13.1. The van der Waals surface area contributed by atoms with Crippen LogP contribution in [0.5, 0.6) is 5.75 Å². The van der Waals surface area contributed by atoms with E-state index in [1.807, 2.05) is 29.2 Å². The molecular formula is C22H24ClNO3. The Bertz CT molecular complexity index is 786. The van der Waals surface area contributed by atoms with Crippen molar-refractivity contribution in [1.29, 1.82) is 0 Å². The highest BCUT2D eigenvalue weighted by atomic mass is 35.5. The molecule has 0 aromatic heterocycles. The molecule has 0 saturated carbocycles. The standard InChI is InChI=1S/C22H24ClNO3/c1-27-20-11-4-16(5-12-20)6-13-21(25)24-14-2-3-18(15-24)22(26)17-7-9-19(23)10-8-17/h4-5,7-12,18H,2-3,6,13-15H2,1H3/t18-/m0/s1. The van der Waals surface area contributed by atoms with Crippen molar-refractivity contribution in [3.63, 3.8) is 0 Å². The molecule has 1 heterocycles. The molecule has 0 N–H and O–H groups in total. The number of hydrogen-bond donors (Lipinski definition) is 0. The second kappa shape index (κ2) is 9.05. The minimum absolute atomic E-state index is 0.0966. The number of aryl methyl sites for hydroxylation is 1. The largest absolute Gasteiger partial charge is 0.497 e. The van der Waals surface area contributed by atoms with Crippen LogP contribution in [0.3, 0.4) is 0 Å². The van der Waals surface area contributed by atoms with Crippen LogP contribution in [-0.4, -0.2) is 36.8 Å². The summed E-state index contributed by atoms with van der Waals surface area (Å²) in [5.41, 5.74) is 1.77. The molecule has 0 bridgehead atoms. The Balaban J connectivity index is 1.55. The van der Waals surface area contributed by atoms with Gasteiger partial charge in [-0.15, -0.1) is 0 Å². The zero-order valence-corrected chi connectivity index (χ0v) is 16.2. The van der Waals surface area contributed by atoms with Crippen molar-refractivity contribution < 1.29 is 14.3 Å². The van der Waals surface area contributed by atoms with E-state index in [-0.39, 0.29) is 17.6 Å². The van der Waals surface area contributed by atoms with Crippen LogP contribution in [0.2, 0.25) is 5.02 Å². The molecule has 0 spiro atoms. The van der Waals surface area contributed by atoms with Crippen LogP contribution in [0.1, 0.15) is 35.2 Å². The maximum atomic E-state index is 12.7. The smallest absolute Gasteiger partial charge is 0.222 e. The Hall–Kier alpha value is -2.33. The van der Waals surface area contributed by atoms with Gasteiger partial charge in [0.15, 0.2) is 5.78 Å². The van der Waals surface area contributed by atoms with Crippen molar-refractivity contribution in [2.45, 2.75) is 25.7 Å². The normalized spacial score (nSPS) is 16.8. The number of likely N-dealkylation sites (tertiary alicyclic amines) is 1. The molecular weight excluding hydrogens is 362 g/mol. The van der Waals surface area contributed by atoms with Crippen molar-refractivity contribution >= 4 is 23.3 Å². The fourth-order valence-electron chi connectivity index (χ4n) is 3.47. The van der Waals surface area contributed by atoms with E-state index in [0.717, 1.165) is 30.7 Å². The van der Waals surface area contributed by atoms with E-state index in [9.17, 15) is 9.59 Å². The van der Waals surface area contributed by atoms with Gasteiger partial charge in [0.1, 0.15) is 5.75 Å². The van der Waals surface area contributed by atoms with E-state index < -0.39 is 0 Å². The summed E-state index contributed by atoms with van der Waals surface area (Å²) in [6.45, 7) is 1.23. The van der Waals surface area contributed by atoms with Gasteiger partial charge < -0.3 is 9.64 Å². The van der Waals surface area contributed by atoms with Gasteiger partial charge in [-0.1, -0.05) is 23.7 Å². The summed E-state index contributed by atoms with van der Waals surface area (Å²) in [4.78, 5) is 27.2. The second-order valence-corrected chi connectivity index (χ2v) is 7.33. The molecule has 1 aliphatic heterocycles. The predicted octanol–water partition coefficient (Wildman–Crippen LogP) is 4.40. The van der Waals surface area contributed by atoms with Gasteiger partial charge in [-0.05, 0) is 61.2 Å². The first-order valence-electron chi connectivity index (χ1n) is 9.27. The molecule has 0 radical (unpaired) electrons. The highest BCUT2D eigenvalue weighted by Crippen LogP contribution is 2.23. The van der Waals surface area contributed by atoms with Crippen LogP contribution >= 0.6 is 11.6 Å². The Morgan fingerprint density at radius 1 is 1.11 bits per heavy atom. The maximum Gasteiger partial charge on any atom is 0.222 e. The second-order valence-electron chi connectivity index (χ2n) is 6.90. The number of halogens is 1. The molecule has 5 heteroatoms. The van der Waals surface area contributed by atoms with Crippen molar-refractivity contribution in [3.05, 3.63) is 64.7 Å². The van der Waals surface area contributed by atoms with Crippen molar-refractivity contribution in [1.82, 2.24) is 4.90 Å². The number of amides is 1. The first-order valence-corrected chi connectivity index (χ1v) is 9.65. The fourth-order valence-corrected chi connectivity index (χ4v) is 3.60. The quantitative estimate of drug-likeness (QED) is 0.692. The van der Waals surface area contributed by atoms with Crippen LogP contribution in [0.15, 0.2) is 48.5 Å². The first kappa shape index (κ1) is 19.4. The number of rotatable bonds is 6. The van der Waals surface area contributed by atoms with Crippen molar-refractivity contribution in [3.8, 4) is 5.75 Å². The summed E-state index contributed by atoms with van der Waals surface area (Å²) in [7, 11) is 1.64. The molecule has 1 amide bonds. The molecule has 0 aliphatic carbocycles. The highest BCUT2D eigenvalue weighted by molar-refractivity contribution is 6.30. The third kappa shape index (κ3) is 5.10. The molecule has 27 heavy (non-hydrogen) atoms. The summed E-state index contributed by atoms with van der Waals surface area (Å²) < 4.78 is 5.15. The van der Waals surface area contributed by atoms with Gasteiger partial charge >= 0.3 is 0 Å². The molecule has 0 unspecified atom stereocenters. The van der Waals surface area contributed by atoms with Crippen LogP contribution in [0.25, 0.3) is 0 Å². The number of carbonyl (C=O) groups is 2. The number of nitrogens with zero attached hydrogens (tertiary/aromatic N) is 1. The molecule has 3 rings (SSSR count). The van der Waals surface area contributed by atoms with Crippen molar-refractivity contribution in [2.75, 3.05) is 20.2 Å². The summed E-state index contributed by atoms with van der Waals surface area (Å²) in [6, 6.07) is 14.8. The molecule has 1 saturated heterocycles. The summed E-state index contributed by atoms with van der Waals surface area (Å²) >= 11 is 5.90. The number of methoxy groups -OCH3 is 1. The van der Waals surface area contributed by atoms with Crippen LogP contribution < -0.4 is 4.74 Å². The van der Waals surface area contributed by atoms with E-state index in [1.54, 1.807) is 31.4 Å². The van der Waals surface area contributed by atoms with E-state index in [1.165, 1.54) is 0 Å². The van der Waals surface area contributed by atoms with Crippen LogP contribution in [-0.2, 0) is 11.2 Å². The monoisotopic (exact) mass is 385 g/mol. The predicted molar refractivity (Wildman–Crippen MR) is 106 cm³/mol. The molecule has 2 aromatic carbocycles. The number of carbonyl (C=O) groups excluding carboxylic acids is 2. The van der Waals surface area contributed by atoms with Gasteiger partial charge in [0.25, 0.3) is 0 Å². The molecule has 1 atom stereocenters. The highest BCUT2D eigenvalue weighted by Gasteiger charge is 2.28. The van der Waals surface area contributed by atoms with Gasteiger partial charge in [0, 0.05) is 36.0 Å². The van der Waals surface area contributed by atoms with Gasteiger partial charge in [-0.2, -0.15) is 0 Å². The fraction of sp³-hybridized carbons (Fsp3) is 0.364. The molecule has 1 fully saturated rings. The van der Waals surface area contributed by atoms with E-state index in [0.29, 0.717) is 30.0 Å². The maximum absolute atomic E-state index is 12.7. The van der Waals surface area contributed by atoms with Crippen molar-refractivity contribution in [2.24, 2.45) is 5.92 Å². The number of ether oxygens (including phenoxy) is 1. The van der Waals surface area contributed by atoms with Crippen LogP contribution in [0, 0.1) is 5.92 Å². The SMILES string of the molecule is COc1ccc(CCC(=O)N2CCC[C@H](C(=O)c3ccc(Cl)cc3)C2)cc1. The van der Waals surface area contributed by atoms with Crippen LogP contribution in [0.4, 0.5) is 0 Å². The lowest BCUT2D eigenvalue weighted by molar-refractivity contribution is -0.132. The lowest BCUT2D eigenvalue weighted by Crippen LogP contribution is -2.42. The number of hydrogen-bond acceptors (Lipinski definition) is 3. The van der Waals surface area contributed by atoms with Gasteiger partial charge in [0.2, 0.25) is 5.91 Å². The minimum atomic E-state index is -0.134. The average molecular weight is 386 g/mol. The molecule has 4 nitrogen and oxygen atoms in total. The number of Topliss-reactive ketones (excluding diaryl/α,β-unsaturated/α-hetero) is 1. The summed E-state index contributed by atoms with van der Waals surface area (Å²) in [5, 5.41) is 0.616. The minimum Gasteiger partial charge on any atom is -0.497 e. The Labute approximate surface area is 165 Å². The average Bonchev–Trinajstić information content (AvgIpc) is 2.72. The molecule has 142 valence electrons. The summed E-state index contributed by atoms with van der Waals surface area (Å²) in [5.74, 6) is 0.883.